The molecular weight excluding hydrogens is 349 g/mol. The standard InChI is InChI=1S/C16H20INO/c1-3-8-18-15(10-13-7-9-19-11-13)14-6-4-5-12(2)16(14)17/h4-7,9,11,15,18H,3,8,10H2,1-2H3. The van der Waals surface area contributed by atoms with Crippen LogP contribution in [0, 0.1) is 10.5 Å². The van der Waals surface area contributed by atoms with Gasteiger partial charge < -0.3 is 9.73 Å². The summed E-state index contributed by atoms with van der Waals surface area (Å²) < 4.78 is 6.54. The van der Waals surface area contributed by atoms with Crippen LogP contribution in [-0.2, 0) is 6.42 Å². The lowest BCUT2D eigenvalue weighted by atomic mass is 9.99. The van der Waals surface area contributed by atoms with Crippen molar-refractivity contribution >= 4 is 22.6 Å². The summed E-state index contributed by atoms with van der Waals surface area (Å²) in [5.74, 6) is 0. The molecule has 2 nitrogen and oxygen atoms in total. The fraction of sp³-hybridized carbons (Fsp3) is 0.375. The number of aryl methyl sites for hydroxylation is 1. The SMILES string of the molecule is CCCNC(Cc1ccoc1)c1cccc(C)c1I. The molecule has 1 atom stereocenters. The molecule has 0 radical (unpaired) electrons. The molecule has 0 aliphatic rings. The van der Waals surface area contributed by atoms with E-state index in [2.05, 4.69) is 60.0 Å². The summed E-state index contributed by atoms with van der Waals surface area (Å²) in [6.45, 7) is 5.40. The van der Waals surface area contributed by atoms with Crippen LogP contribution in [0.5, 0.6) is 0 Å². The Kier molecular flexibility index (Phi) is 5.45. The van der Waals surface area contributed by atoms with Crippen molar-refractivity contribution < 1.29 is 4.42 Å². The Hall–Kier alpha value is -0.810. The topological polar surface area (TPSA) is 25.2 Å². The smallest absolute Gasteiger partial charge is 0.0935 e. The number of hydrogen-bond donors (Lipinski definition) is 1. The van der Waals surface area contributed by atoms with Gasteiger partial charge in [-0.15, -0.1) is 0 Å². The minimum Gasteiger partial charge on any atom is -0.472 e. The Morgan fingerprint density at radius 1 is 1.32 bits per heavy atom. The molecule has 3 heteroatoms. The Morgan fingerprint density at radius 3 is 2.84 bits per heavy atom. The molecule has 2 aromatic rings. The van der Waals surface area contributed by atoms with Crippen LogP contribution in [0.4, 0.5) is 0 Å². The van der Waals surface area contributed by atoms with Gasteiger partial charge in [0.1, 0.15) is 0 Å². The van der Waals surface area contributed by atoms with Crippen molar-refractivity contribution in [2.45, 2.75) is 32.7 Å². The Balaban J connectivity index is 2.23. The number of benzene rings is 1. The number of nitrogens with one attached hydrogen (secondary N) is 1. The van der Waals surface area contributed by atoms with E-state index in [4.69, 9.17) is 4.42 Å². The van der Waals surface area contributed by atoms with Gasteiger partial charge in [0.25, 0.3) is 0 Å². The number of halogens is 1. The molecule has 1 N–H and O–H groups in total. The van der Waals surface area contributed by atoms with Gasteiger partial charge >= 0.3 is 0 Å². The van der Waals surface area contributed by atoms with Crippen LogP contribution in [-0.4, -0.2) is 6.54 Å². The van der Waals surface area contributed by atoms with Crippen LogP contribution in [0.15, 0.2) is 41.2 Å². The molecule has 1 aromatic heterocycles. The monoisotopic (exact) mass is 369 g/mol. The minimum atomic E-state index is 0.351. The molecule has 0 spiro atoms. The summed E-state index contributed by atoms with van der Waals surface area (Å²) in [6.07, 6.45) is 5.69. The van der Waals surface area contributed by atoms with Crippen LogP contribution < -0.4 is 5.32 Å². The third-order valence-electron chi connectivity index (χ3n) is 3.26. The molecule has 1 aromatic carbocycles. The van der Waals surface area contributed by atoms with Gasteiger partial charge in [0.15, 0.2) is 0 Å². The van der Waals surface area contributed by atoms with Crippen molar-refractivity contribution in [3.63, 3.8) is 0 Å². The summed E-state index contributed by atoms with van der Waals surface area (Å²) in [7, 11) is 0. The van der Waals surface area contributed by atoms with Crippen molar-refractivity contribution in [2.24, 2.45) is 0 Å². The van der Waals surface area contributed by atoms with Gasteiger partial charge in [-0.25, -0.2) is 0 Å². The maximum atomic E-state index is 5.18. The van der Waals surface area contributed by atoms with Gasteiger partial charge in [0.05, 0.1) is 12.5 Å². The van der Waals surface area contributed by atoms with E-state index in [0.717, 1.165) is 19.4 Å². The second kappa shape index (κ2) is 7.10. The summed E-state index contributed by atoms with van der Waals surface area (Å²) in [5.41, 5.74) is 3.97. The average Bonchev–Trinajstić information content (AvgIpc) is 2.91. The first kappa shape index (κ1) is 14.6. The van der Waals surface area contributed by atoms with E-state index in [1.54, 1.807) is 6.26 Å². The van der Waals surface area contributed by atoms with Crippen molar-refractivity contribution in [3.05, 3.63) is 57.1 Å². The fourth-order valence-corrected chi connectivity index (χ4v) is 2.93. The summed E-state index contributed by atoms with van der Waals surface area (Å²) in [6, 6.07) is 8.93. The van der Waals surface area contributed by atoms with Crippen molar-refractivity contribution in [3.8, 4) is 0 Å². The van der Waals surface area contributed by atoms with E-state index in [1.165, 1.54) is 20.3 Å². The Morgan fingerprint density at radius 2 is 2.16 bits per heavy atom. The Labute approximate surface area is 128 Å². The van der Waals surface area contributed by atoms with Gasteiger partial charge in [-0.1, -0.05) is 25.1 Å². The van der Waals surface area contributed by atoms with Crippen LogP contribution in [0.1, 0.15) is 36.1 Å². The maximum Gasteiger partial charge on any atom is 0.0935 e. The molecule has 0 bridgehead atoms. The van der Waals surface area contributed by atoms with E-state index < -0.39 is 0 Å². The largest absolute Gasteiger partial charge is 0.472 e. The van der Waals surface area contributed by atoms with E-state index in [1.807, 2.05) is 12.3 Å². The van der Waals surface area contributed by atoms with Crippen LogP contribution >= 0.6 is 22.6 Å². The molecule has 102 valence electrons. The maximum absolute atomic E-state index is 5.18. The highest BCUT2D eigenvalue weighted by molar-refractivity contribution is 14.1. The van der Waals surface area contributed by atoms with E-state index in [9.17, 15) is 0 Å². The molecule has 0 amide bonds. The van der Waals surface area contributed by atoms with Crippen molar-refractivity contribution in [2.75, 3.05) is 6.54 Å². The first-order valence-corrected chi connectivity index (χ1v) is 7.79. The first-order chi connectivity index (χ1) is 9.22. The number of hydrogen-bond acceptors (Lipinski definition) is 2. The predicted octanol–water partition coefficient (Wildman–Crippen LogP) is 4.48. The predicted molar refractivity (Wildman–Crippen MR) is 87.3 cm³/mol. The van der Waals surface area contributed by atoms with Crippen LogP contribution in [0.2, 0.25) is 0 Å². The highest BCUT2D eigenvalue weighted by Crippen LogP contribution is 2.26. The van der Waals surface area contributed by atoms with Gasteiger partial charge in [-0.3, -0.25) is 0 Å². The zero-order chi connectivity index (χ0) is 13.7. The fourth-order valence-electron chi connectivity index (χ4n) is 2.19. The zero-order valence-corrected chi connectivity index (χ0v) is 13.6. The molecular formula is C16H20INO. The van der Waals surface area contributed by atoms with Gasteiger partial charge in [-0.05, 0) is 71.7 Å². The number of rotatable bonds is 6. The van der Waals surface area contributed by atoms with E-state index in [-0.39, 0.29) is 0 Å². The summed E-state index contributed by atoms with van der Waals surface area (Å²) in [5, 5.41) is 3.65. The minimum absolute atomic E-state index is 0.351. The molecule has 2 rings (SSSR count). The zero-order valence-electron chi connectivity index (χ0n) is 11.4. The van der Waals surface area contributed by atoms with Gasteiger partial charge in [-0.2, -0.15) is 0 Å². The van der Waals surface area contributed by atoms with E-state index in [0.29, 0.717) is 6.04 Å². The molecule has 19 heavy (non-hydrogen) atoms. The Bertz CT molecular complexity index is 507. The van der Waals surface area contributed by atoms with Gasteiger partial charge in [0, 0.05) is 9.61 Å². The van der Waals surface area contributed by atoms with Crippen LogP contribution in [0.3, 0.4) is 0 Å². The third-order valence-corrected chi connectivity index (χ3v) is 4.73. The second-order valence-electron chi connectivity index (χ2n) is 4.82. The van der Waals surface area contributed by atoms with Crippen molar-refractivity contribution in [1.29, 1.82) is 0 Å². The first-order valence-electron chi connectivity index (χ1n) is 6.71. The quantitative estimate of drug-likeness (QED) is 0.760. The van der Waals surface area contributed by atoms with E-state index >= 15 is 0 Å². The highest BCUT2D eigenvalue weighted by Gasteiger charge is 2.15. The van der Waals surface area contributed by atoms with Crippen molar-refractivity contribution in [1.82, 2.24) is 5.32 Å². The molecule has 0 fully saturated rings. The molecule has 0 aliphatic heterocycles. The summed E-state index contributed by atoms with van der Waals surface area (Å²) >= 11 is 2.45. The molecule has 1 unspecified atom stereocenters. The lowest BCUT2D eigenvalue weighted by Crippen LogP contribution is -2.25. The summed E-state index contributed by atoms with van der Waals surface area (Å²) in [4.78, 5) is 0. The third kappa shape index (κ3) is 3.83. The van der Waals surface area contributed by atoms with Gasteiger partial charge in [0.2, 0.25) is 0 Å². The normalized spacial score (nSPS) is 12.6. The highest BCUT2D eigenvalue weighted by atomic mass is 127. The lowest BCUT2D eigenvalue weighted by molar-refractivity contribution is 0.519. The second-order valence-corrected chi connectivity index (χ2v) is 5.90. The average molecular weight is 369 g/mol. The van der Waals surface area contributed by atoms with Crippen LogP contribution in [0.25, 0.3) is 0 Å². The number of furan rings is 1. The molecule has 0 saturated heterocycles. The molecule has 0 aliphatic carbocycles. The molecule has 1 heterocycles. The lowest BCUT2D eigenvalue weighted by Gasteiger charge is -2.20. The molecule has 0 saturated carbocycles.